The van der Waals surface area contributed by atoms with Crippen LogP contribution in [0.25, 0.3) is 11.3 Å². The zero-order valence-corrected chi connectivity index (χ0v) is 15.8. The number of hydrogen-bond donors (Lipinski definition) is 1. The molecule has 1 aromatic heterocycles. The highest BCUT2D eigenvalue weighted by atomic mass is 32.1. The molecule has 3 aromatic rings. The van der Waals surface area contributed by atoms with Gasteiger partial charge in [0.2, 0.25) is 0 Å². The number of aryl methyl sites for hydroxylation is 1. The minimum absolute atomic E-state index is 0.0599. The fraction of sp³-hybridized carbons (Fsp3) is 0.150. The molecule has 1 N–H and O–H groups in total. The number of rotatable bonds is 7. The molecule has 144 valence electrons. The molecule has 0 unspecified atom stereocenters. The van der Waals surface area contributed by atoms with Crippen molar-refractivity contribution in [2.45, 2.75) is 6.92 Å². The van der Waals surface area contributed by atoms with Crippen molar-refractivity contribution in [2.24, 2.45) is 0 Å². The van der Waals surface area contributed by atoms with Crippen molar-refractivity contribution in [2.75, 3.05) is 18.5 Å². The van der Waals surface area contributed by atoms with Crippen LogP contribution < -0.4 is 10.1 Å². The highest BCUT2D eigenvalue weighted by molar-refractivity contribution is 7.14. The molecule has 0 aliphatic rings. The Morgan fingerprint density at radius 1 is 1.11 bits per heavy atom. The number of thiazole rings is 1. The van der Waals surface area contributed by atoms with Crippen molar-refractivity contribution in [3.8, 4) is 17.0 Å². The number of benzene rings is 2. The molecule has 6 nitrogen and oxygen atoms in total. The number of amides is 1. The first kappa shape index (κ1) is 19.5. The van der Waals surface area contributed by atoms with Crippen molar-refractivity contribution in [1.82, 2.24) is 4.98 Å². The van der Waals surface area contributed by atoms with Gasteiger partial charge in [-0.25, -0.2) is 14.2 Å². The van der Waals surface area contributed by atoms with Gasteiger partial charge in [0.25, 0.3) is 5.91 Å². The lowest BCUT2D eigenvalue weighted by Crippen LogP contribution is -2.23. The van der Waals surface area contributed by atoms with Gasteiger partial charge in [0.1, 0.15) is 0 Å². The topological polar surface area (TPSA) is 77.5 Å². The molecule has 0 fully saturated rings. The fourth-order valence-corrected chi connectivity index (χ4v) is 2.97. The number of para-hydroxylation sites is 1. The second kappa shape index (κ2) is 9.09. The Bertz CT molecular complexity index is 972. The molecule has 8 heteroatoms. The van der Waals surface area contributed by atoms with Crippen LogP contribution in [0.15, 0.2) is 53.9 Å². The fourth-order valence-electron chi connectivity index (χ4n) is 2.23. The maximum absolute atomic E-state index is 13.4. The van der Waals surface area contributed by atoms with E-state index in [1.807, 2.05) is 36.6 Å². The summed E-state index contributed by atoms with van der Waals surface area (Å²) >= 11 is 1.27. The first-order chi connectivity index (χ1) is 13.5. The molecule has 0 radical (unpaired) electrons. The van der Waals surface area contributed by atoms with E-state index in [0.29, 0.717) is 5.13 Å². The highest BCUT2D eigenvalue weighted by Crippen LogP contribution is 2.25. The van der Waals surface area contributed by atoms with Crippen LogP contribution in [-0.4, -0.2) is 30.1 Å². The number of anilines is 1. The molecule has 0 aliphatic heterocycles. The number of ether oxygens (including phenoxy) is 2. The van der Waals surface area contributed by atoms with E-state index in [1.54, 1.807) is 6.07 Å². The zero-order chi connectivity index (χ0) is 19.9. The third-order valence-electron chi connectivity index (χ3n) is 3.64. The van der Waals surface area contributed by atoms with E-state index in [9.17, 15) is 14.0 Å². The van der Waals surface area contributed by atoms with Gasteiger partial charge in [0.15, 0.2) is 29.9 Å². The number of carbonyl (C=O) groups is 2. The highest BCUT2D eigenvalue weighted by Gasteiger charge is 2.12. The maximum Gasteiger partial charge on any atom is 0.344 e. The number of nitrogens with zero attached hydrogens (tertiary/aromatic N) is 1. The summed E-state index contributed by atoms with van der Waals surface area (Å²) in [7, 11) is 0. The number of halogens is 1. The summed E-state index contributed by atoms with van der Waals surface area (Å²) in [4.78, 5) is 27.9. The third-order valence-corrected chi connectivity index (χ3v) is 4.40. The minimum Gasteiger partial charge on any atom is -0.479 e. The van der Waals surface area contributed by atoms with E-state index < -0.39 is 30.9 Å². The molecule has 0 bridgehead atoms. The smallest absolute Gasteiger partial charge is 0.344 e. The monoisotopic (exact) mass is 400 g/mol. The van der Waals surface area contributed by atoms with E-state index in [2.05, 4.69) is 10.3 Å². The van der Waals surface area contributed by atoms with Crippen LogP contribution in [0, 0.1) is 12.7 Å². The summed E-state index contributed by atoms with van der Waals surface area (Å²) in [6, 6.07) is 13.6. The van der Waals surface area contributed by atoms with Crippen LogP contribution in [0.5, 0.6) is 5.75 Å². The molecule has 0 spiro atoms. The second-order valence-electron chi connectivity index (χ2n) is 5.83. The van der Waals surface area contributed by atoms with Crippen LogP contribution in [0.3, 0.4) is 0 Å². The number of aromatic nitrogens is 1. The average Bonchev–Trinajstić information content (AvgIpc) is 3.14. The largest absolute Gasteiger partial charge is 0.479 e. The molecule has 28 heavy (non-hydrogen) atoms. The van der Waals surface area contributed by atoms with Gasteiger partial charge in [-0.05, 0) is 19.1 Å². The molecule has 2 aromatic carbocycles. The number of esters is 1. The van der Waals surface area contributed by atoms with Gasteiger partial charge in [-0.2, -0.15) is 0 Å². The Hall–Kier alpha value is -3.26. The standard InChI is InChI=1S/C20H17FN2O4S/c1-13-6-8-14(9-7-13)16-12-28-20(22-16)23-18(24)10-27-19(25)11-26-17-5-3-2-4-15(17)21/h2-9,12H,10-11H2,1H3,(H,22,23,24). The average molecular weight is 400 g/mol. The summed E-state index contributed by atoms with van der Waals surface area (Å²) in [6.07, 6.45) is 0. The van der Waals surface area contributed by atoms with E-state index in [-0.39, 0.29) is 5.75 Å². The Labute approximate surface area is 164 Å². The summed E-state index contributed by atoms with van der Waals surface area (Å²) in [5.41, 5.74) is 2.84. The molecule has 0 atom stereocenters. The lowest BCUT2D eigenvalue weighted by Gasteiger charge is -2.07. The van der Waals surface area contributed by atoms with Crippen molar-refractivity contribution in [3.63, 3.8) is 0 Å². The van der Waals surface area contributed by atoms with Crippen molar-refractivity contribution < 1.29 is 23.5 Å². The zero-order valence-electron chi connectivity index (χ0n) is 15.0. The number of nitrogens with one attached hydrogen (secondary N) is 1. The molecule has 0 saturated carbocycles. The normalized spacial score (nSPS) is 10.4. The molecule has 1 amide bonds. The third kappa shape index (κ3) is 5.37. The van der Waals surface area contributed by atoms with E-state index in [1.165, 1.54) is 29.5 Å². The van der Waals surface area contributed by atoms with Gasteiger partial charge < -0.3 is 9.47 Å². The summed E-state index contributed by atoms with van der Waals surface area (Å²) < 4.78 is 23.2. The lowest BCUT2D eigenvalue weighted by molar-refractivity contribution is -0.149. The van der Waals surface area contributed by atoms with E-state index >= 15 is 0 Å². The summed E-state index contributed by atoms with van der Waals surface area (Å²) in [5.74, 6) is -1.95. The Morgan fingerprint density at radius 3 is 2.61 bits per heavy atom. The van der Waals surface area contributed by atoms with Gasteiger partial charge in [-0.3, -0.25) is 10.1 Å². The van der Waals surface area contributed by atoms with Gasteiger partial charge >= 0.3 is 5.97 Å². The van der Waals surface area contributed by atoms with Crippen molar-refractivity contribution in [1.29, 1.82) is 0 Å². The Kier molecular flexibility index (Phi) is 6.33. The van der Waals surface area contributed by atoms with Gasteiger partial charge in [-0.15, -0.1) is 11.3 Å². The van der Waals surface area contributed by atoms with Crippen molar-refractivity contribution >= 4 is 28.3 Å². The first-order valence-electron chi connectivity index (χ1n) is 8.36. The number of carbonyl (C=O) groups excluding carboxylic acids is 2. The van der Waals surface area contributed by atoms with Crippen LogP contribution in [0.2, 0.25) is 0 Å². The predicted octanol–water partition coefficient (Wildman–Crippen LogP) is 3.82. The Morgan fingerprint density at radius 2 is 1.86 bits per heavy atom. The molecular formula is C20H17FN2O4S. The lowest BCUT2D eigenvalue weighted by atomic mass is 10.1. The molecule has 1 heterocycles. The number of hydrogen-bond acceptors (Lipinski definition) is 6. The summed E-state index contributed by atoms with van der Waals surface area (Å²) in [5, 5.41) is 4.80. The quantitative estimate of drug-likeness (QED) is 0.610. The Balaban J connectivity index is 1.45. The molecular weight excluding hydrogens is 383 g/mol. The van der Waals surface area contributed by atoms with Gasteiger partial charge in [0, 0.05) is 10.9 Å². The van der Waals surface area contributed by atoms with Crippen LogP contribution in [-0.2, 0) is 14.3 Å². The van der Waals surface area contributed by atoms with E-state index in [4.69, 9.17) is 9.47 Å². The predicted molar refractivity (Wildman–Crippen MR) is 104 cm³/mol. The molecule has 3 rings (SSSR count). The van der Waals surface area contributed by atoms with Gasteiger partial charge in [0.05, 0.1) is 5.69 Å². The van der Waals surface area contributed by atoms with Crippen LogP contribution >= 0.6 is 11.3 Å². The SMILES string of the molecule is Cc1ccc(-c2csc(NC(=O)COC(=O)COc3ccccc3F)n2)cc1. The second-order valence-corrected chi connectivity index (χ2v) is 6.69. The van der Waals surface area contributed by atoms with E-state index in [0.717, 1.165) is 16.8 Å². The molecule has 0 aliphatic carbocycles. The first-order valence-corrected chi connectivity index (χ1v) is 9.24. The minimum atomic E-state index is -0.780. The van der Waals surface area contributed by atoms with Crippen molar-refractivity contribution in [3.05, 3.63) is 65.3 Å². The summed E-state index contributed by atoms with van der Waals surface area (Å²) in [6.45, 7) is 1.01. The van der Waals surface area contributed by atoms with Crippen LogP contribution in [0.4, 0.5) is 9.52 Å². The van der Waals surface area contributed by atoms with Gasteiger partial charge in [-0.1, -0.05) is 42.0 Å². The maximum atomic E-state index is 13.4. The van der Waals surface area contributed by atoms with Crippen LogP contribution in [0.1, 0.15) is 5.56 Å². The molecule has 0 saturated heterocycles.